The van der Waals surface area contributed by atoms with Gasteiger partial charge in [0, 0.05) is 11.6 Å². The number of nitrogens with one attached hydrogen (secondary N) is 1. The first-order chi connectivity index (χ1) is 9.95. The molecule has 2 aromatic rings. The number of sulfonamides is 1. The van der Waals surface area contributed by atoms with Crippen LogP contribution in [-0.2, 0) is 23.2 Å². The fraction of sp³-hybridized carbons (Fsp3) is 0.200. The Morgan fingerprint density at radius 2 is 1.76 bits per heavy atom. The zero-order valence-corrected chi connectivity index (χ0v) is 13.1. The second kappa shape index (κ2) is 6.58. The van der Waals surface area contributed by atoms with Gasteiger partial charge in [0.25, 0.3) is 0 Å². The molecule has 0 heterocycles. The van der Waals surface area contributed by atoms with Gasteiger partial charge in [-0.25, -0.2) is 13.1 Å². The van der Waals surface area contributed by atoms with Crippen molar-refractivity contribution in [2.45, 2.75) is 25.0 Å². The van der Waals surface area contributed by atoms with E-state index in [1.165, 1.54) is 6.07 Å². The second-order valence-corrected chi connectivity index (χ2v) is 6.76. The van der Waals surface area contributed by atoms with E-state index in [9.17, 15) is 13.5 Å². The number of hydrogen-bond acceptors (Lipinski definition) is 3. The van der Waals surface area contributed by atoms with Gasteiger partial charge in [-0.3, -0.25) is 0 Å². The van der Waals surface area contributed by atoms with Crippen molar-refractivity contribution in [3.8, 4) is 0 Å². The summed E-state index contributed by atoms with van der Waals surface area (Å²) in [6.07, 6.45) is 0. The summed E-state index contributed by atoms with van der Waals surface area (Å²) in [4.78, 5) is 0.163. The molecule has 0 aliphatic carbocycles. The maximum Gasteiger partial charge on any atom is 0.241 e. The molecular formula is C15H16ClNO3S. The first-order valence-electron chi connectivity index (χ1n) is 6.38. The highest BCUT2D eigenvalue weighted by atomic mass is 35.5. The number of aliphatic hydroxyl groups excluding tert-OH is 1. The zero-order chi connectivity index (χ0) is 15.5. The number of aliphatic hydroxyl groups is 1. The van der Waals surface area contributed by atoms with E-state index in [1.807, 2.05) is 0 Å². The largest absolute Gasteiger partial charge is 0.392 e. The summed E-state index contributed by atoms with van der Waals surface area (Å²) in [5.41, 5.74) is 1.95. The predicted molar refractivity (Wildman–Crippen MR) is 82.6 cm³/mol. The van der Waals surface area contributed by atoms with E-state index in [2.05, 4.69) is 4.72 Å². The van der Waals surface area contributed by atoms with Gasteiger partial charge in [-0.1, -0.05) is 41.9 Å². The van der Waals surface area contributed by atoms with Crippen molar-refractivity contribution < 1.29 is 13.5 Å². The van der Waals surface area contributed by atoms with Gasteiger partial charge < -0.3 is 5.11 Å². The Morgan fingerprint density at radius 1 is 1.10 bits per heavy atom. The molecule has 2 rings (SSSR count). The van der Waals surface area contributed by atoms with Crippen molar-refractivity contribution in [1.29, 1.82) is 0 Å². The lowest BCUT2D eigenvalue weighted by molar-refractivity contribution is 0.280. The molecule has 4 nitrogen and oxygen atoms in total. The van der Waals surface area contributed by atoms with Crippen LogP contribution in [0.1, 0.15) is 16.7 Å². The molecule has 0 aliphatic rings. The fourth-order valence-electron chi connectivity index (χ4n) is 2.01. The van der Waals surface area contributed by atoms with Crippen molar-refractivity contribution in [3.05, 3.63) is 64.2 Å². The molecule has 0 unspecified atom stereocenters. The fourth-order valence-corrected chi connectivity index (χ4v) is 3.52. The summed E-state index contributed by atoms with van der Waals surface area (Å²) in [6, 6.07) is 11.9. The molecule has 0 aromatic heterocycles. The molecule has 0 bridgehead atoms. The molecule has 6 heteroatoms. The number of benzene rings is 2. The Labute approximate surface area is 129 Å². The predicted octanol–water partition coefficient (Wildman–Crippen LogP) is 2.62. The van der Waals surface area contributed by atoms with Gasteiger partial charge in [-0.15, -0.1) is 0 Å². The summed E-state index contributed by atoms with van der Waals surface area (Å²) >= 11 is 5.96. The molecule has 0 saturated carbocycles. The van der Waals surface area contributed by atoms with Crippen molar-refractivity contribution in [2.24, 2.45) is 0 Å². The Morgan fingerprint density at radius 3 is 2.43 bits per heavy atom. The second-order valence-electron chi connectivity index (χ2n) is 4.61. The lowest BCUT2D eigenvalue weighted by Gasteiger charge is -2.12. The van der Waals surface area contributed by atoms with Crippen LogP contribution >= 0.6 is 11.6 Å². The van der Waals surface area contributed by atoms with E-state index >= 15 is 0 Å². The van der Waals surface area contributed by atoms with E-state index in [4.69, 9.17) is 11.6 Å². The highest BCUT2D eigenvalue weighted by molar-refractivity contribution is 7.89. The Hall–Kier alpha value is -1.40. The third kappa shape index (κ3) is 3.63. The average molecular weight is 326 g/mol. The number of rotatable bonds is 5. The first kappa shape index (κ1) is 16.0. The minimum atomic E-state index is -3.65. The summed E-state index contributed by atoms with van der Waals surface area (Å²) in [6.45, 7) is 1.65. The summed E-state index contributed by atoms with van der Waals surface area (Å²) < 4.78 is 27.2. The van der Waals surface area contributed by atoms with Crippen LogP contribution in [0, 0.1) is 6.92 Å². The van der Waals surface area contributed by atoms with Gasteiger partial charge in [0.15, 0.2) is 0 Å². The van der Waals surface area contributed by atoms with E-state index in [0.29, 0.717) is 16.1 Å². The third-order valence-corrected chi connectivity index (χ3v) is 5.20. The highest BCUT2D eigenvalue weighted by Gasteiger charge is 2.18. The van der Waals surface area contributed by atoms with E-state index in [0.717, 1.165) is 5.56 Å². The molecule has 0 radical (unpaired) electrons. The SMILES string of the molecule is Cc1c(Cl)cccc1S(=O)(=O)NCc1ccccc1CO. The smallest absolute Gasteiger partial charge is 0.241 e. The molecule has 21 heavy (non-hydrogen) atoms. The van der Waals surface area contributed by atoms with Gasteiger partial charge in [0.1, 0.15) is 0 Å². The quantitative estimate of drug-likeness (QED) is 0.888. The minimum absolute atomic E-state index is 0.116. The topological polar surface area (TPSA) is 66.4 Å². The number of hydrogen-bond donors (Lipinski definition) is 2. The molecule has 2 aromatic carbocycles. The molecule has 0 fully saturated rings. The monoisotopic (exact) mass is 325 g/mol. The van der Waals surface area contributed by atoms with Crippen LogP contribution < -0.4 is 4.72 Å². The van der Waals surface area contributed by atoms with Gasteiger partial charge in [0.05, 0.1) is 11.5 Å². The van der Waals surface area contributed by atoms with Crippen molar-refractivity contribution in [3.63, 3.8) is 0 Å². The molecule has 0 amide bonds. The lowest BCUT2D eigenvalue weighted by atomic mass is 10.1. The molecular weight excluding hydrogens is 310 g/mol. The van der Waals surface area contributed by atoms with E-state index in [-0.39, 0.29) is 18.0 Å². The lowest BCUT2D eigenvalue weighted by Crippen LogP contribution is -2.24. The molecule has 0 atom stereocenters. The van der Waals surface area contributed by atoms with Gasteiger partial charge >= 0.3 is 0 Å². The van der Waals surface area contributed by atoms with Crippen molar-refractivity contribution in [2.75, 3.05) is 0 Å². The Bertz CT molecular complexity index is 744. The molecule has 0 aliphatic heterocycles. The maximum atomic E-state index is 12.3. The van der Waals surface area contributed by atoms with Crippen LogP contribution in [0.25, 0.3) is 0 Å². The van der Waals surface area contributed by atoms with Crippen LogP contribution in [0.4, 0.5) is 0 Å². The Kier molecular flexibility index (Phi) is 5.00. The molecule has 112 valence electrons. The minimum Gasteiger partial charge on any atom is -0.392 e. The normalized spacial score (nSPS) is 11.6. The average Bonchev–Trinajstić information content (AvgIpc) is 2.48. The van der Waals surface area contributed by atoms with E-state index in [1.54, 1.807) is 43.3 Å². The number of halogens is 1. The van der Waals surface area contributed by atoms with Crippen molar-refractivity contribution in [1.82, 2.24) is 4.72 Å². The van der Waals surface area contributed by atoms with Crippen molar-refractivity contribution >= 4 is 21.6 Å². The zero-order valence-electron chi connectivity index (χ0n) is 11.5. The summed E-state index contributed by atoms with van der Waals surface area (Å²) in [5.74, 6) is 0. The van der Waals surface area contributed by atoms with Gasteiger partial charge in [-0.05, 0) is 35.7 Å². The third-order valence-electron chi connectivity index (χ3n) is 3.25. The molecule has 2 N–H and O–H groups in total. The summed E-state index contributed by atoms with van der Waals surface area (Å²) in [5, 5.41) is 9.66. The van der Waals surface area contributed by atoms with Crippen LogP contribution in [-0.4, -0.2) is 13.5 Å². The summed E-state index contributed by atoms with van der Waals surface area (Å²) in [7, 11) is -3.65. The standard InChI is InChI=1S/C15H16ClNO3S/c1-11-14(16)7-4-8-15(11)21(19,20)17-9-12-5-2-3-6-13(12)10-18/h2-8,17-18H,9-10H2,1H3. The highest BCUT2D eigenvalue weighted by Crippen LogP contribution is 2.22. The van der Waals surface area contributed by atoms with Gasteiger partial charge in [0.2, 0.25) is 10.0 Å². The van der Waals surface area contributed by atoms with E-state index < -0.39 is 10.0 Å². The van der Waals surface area contributed by atoms with Crippen LogP contribution in [0.3, 0.4) is 0 Å². The maximum absolute atomic E-state index is 12.3. The van der Waals surface area contributed by atoms with Gasteiger partial charge in [-0.2, -0.15) is 0 Å². The first-order valence-corrected chi connectivity index (χ1v) is 8.24. The molecule has 0 saturated heterocycles. The Balaban J connectivity index is 2.24. The van der Waals surface area contributed by atoms with Crippen LogP contribution in [0.5, 0.6) is 0 Å². The molecule has 0 spiro atoms. The van der Waals surface area contributed by atoms with Crippen LogP contribution in [0.2, 0.25) is 5.02 Å². The van der Waals surface area contributed by atoms with Crippen LogP contribution in [0.15, 0.2) is 47.4 Å².